The summed E-state index contributed by atoms with van der Waals surface area (Å²) in [6.45, 7) is 0. The molecule has 0 spiro atoms. The maximum atomic E-state index is 13.9. The van der Waals surface area contributed by atoms with Crippen LogP contribution in [0.5, 0.6) is 0 Å². The fraction of sp³-hybridized carbons (Fsp3) is 0.167. The highest BCUT2D eigenvalue weighted by molar-refractivity contribution is 5.78. The number of halogens is 8. The second-order valence-electron chi connectivity index (χ2n) is 7.87. The Morgan fingerprint density at radius 1 is 0.806 bits per heavy atom. The molecule has 0 radical (unpaired) electrons. The van der Waals surface area contributed by atoms with Crippen LogP contribution in [0.4, 0.5) is 35.1 Å². The van der Waals surface area contributed by atoms with Gasteiger partial charge < -0.3 is 5.11 Å². The van der Waals surface area contributed by atoms with Gasteiger partial charge in [-0.15, -0.1) is 0 Å². The van der Waals surface area contributed by atoms with Crippen LogP contribution < -0.4 is 5.56 Å². The average Bonchev–Trinajstić information content (AvgIpc) is 2.79. The Labute approximate surface area is 197 Å². The Hall–Kier alpha value is -3.80. The molecule has 4 aromatic rings. The number of fused-ring (bicyclic) bond motifs is 1. The molecule has 0 saturated heterocycles. The van der Waals surface area contributed by atoms with Crippen molar-refractivity contribution in [3.8, 4) is 5.69 Å². The quantitative estimate of drug-likeness (QED) is 0.363. The lowest BCUT2D eigenvalue weighted by Gasteiger charge is -2.33. The van der Waals surface area contributed by atoms with E-state index in [2.05, 4.69) is 4.98 Å². The van der Waals surface area contributed by atoms with Gasteiger partial charge in [0.15, 0.2) is 11.6 Å². The van der Waals surface area contributed by atoms with E-state index < -0.39 is 51.8 Å². The Kier molecular flexibility index (Phi) is 6.11. The summed E-state index contributed by atoms with van der Waals surface area (Å²) in [6.07, 6.45) is -12.4. The molecule has 0 amide bonds. The van der Waals surface area contributed by atoms with Crippen molar-refractivity contribution < 1.29 is 40.2 Å². The highest BCUT2D eigenvalue weighted by atomic mass is 19.4. The van der Waals surface area contributed by atoms with Crippen molar-refractivity contribution in [1.82, 2.24) is 9.55 Å². The predicted molar refractivity (Wildman–Crippen MR) is 113 cm³/mol. The zero-order valence-corrected chi connectivity index (χ0v) is 17.8. The van der Waals surface area contributed by atoms with Crippen molar-refractivity contribution in [2.24, 2.45) is 0 Å². The molecule has 0 aliphatic heterocycles. The number of hydrogen-bond acceptors (Lipinski definition) is 3. The smallest absolute Gasteiger partial charge is 0.369 e. The first-order chi connectivity index (χ1) is 16.7. The Morgan fingerprint density at radius 3 is 2.03 bits per heavy atom. The van der Waals surface area contributed by atoms with Crippen LogP contribution >= 0.6 is 0 Å². The summed E-state index contributed by atoms with van der Waals surface area (Å²) in [4.78, 5) is 17.4. The van der Waals surface area contributed by atoms with Crippen LogP contribution in [0, 0.1) is 11.6 Å². The van der Waals surface area contributed by atoms with E-state index in [1.54, 1.807) is 30.3 Å². The Morgan fingerprint density at radius 2 is 1.42 bits per heavy atom. The number of alkyl halides is 6. The molecule has 1 N–H and O–H groups in total. The predicted octanol–water partition coefficient (Wildman–Crippen LogP) is 5.57. The molecule has 4 nitrogen and oxygen atoms in total. The van der Waals surface area contributed by atoms with Gasteiger partial charge in [0.25, 0.3) is 11.2 Å². The lowest BCUT2D eigenvalue weighted by atomic mass is 9.92. The fourth-order valence-corrected chi connectivity index (χ4v) is 3.75. The van der Waals surface area contributed by atoms with Crippen LogP contribution in [0.25, 0.3) is 16.6 Å². The van der Waals surface area contributed by atoms with Crippen LogP contribution in [-0.4, -0.2) is 27.0 Å². The van der Waals surface area contributed by atoms with Crippen molar-refractivity contribution in [3.63, 3.8) is 0 Å². The zero-order valence-electron chi connectivity index (χ0n) is 17.8. The molecular formula is C24H14F8N2O2. The third kappa shape index (κ3) is 4.21. The van der Waals surface area contributed by atoms with Gasteiger partial charge in [0.05, 0.1) is 16.6 Å². The van der Waals surface area contributed by atoms with E-state index in [1.165, 1.54) is 0 Å². The number of nitrogens with zero attached hydrogens (tertiary/aromatic N) is 2. The van der Waals surface area contributed by atoms with Crippen LogP contribution in [0.1, 0.15) is 17.0 Å². The molecule has 0 bridgehead atoms. The van der Waals surface area contributed by atoms with Gasteiger partial charge in [-0.25, -0.2) is 13.8 Å². The fourth-order valence-electron chi connectivity index (χ4n) is 3.75. The first-order valence-electron chi connectivity index (χ1n) is 10.2. The monoisotopic (exact) mass is 514 g/mol. The van der Waals surface area contributed by atoms with Crippen molar-refractivity contribution >= 4 is 10.9 Å². The topological polar surface area (TPSA) is 55.1 Å². The van der Waals surface area contributed by atoms with E-state index >= 15 is 0 Å². The number of rotatable bonds is 4. The van der Waals surface area contributed by atoms with E-state index in [1.807, 2.05) is 0 Å². The lowest BCUT2D eigenvalue weighted by molar-refractivity contribution is -0.376. The lowest BCUT2D eigenvalue weighted by Crippen LogP contribution is -2.54. The van der Waals surface area contributed by atoms with Crippen molar-refractivity contribution in [1.29, 1.82) is 0 Å². The second-order valence-corrected chi connectivity index (χ2v) is 7.87. The van der Waals surface area contributed by atoms with Gasteiger partial charge in [-0.1, -0.05) is 42.5 Å². The molecule has 1 heterocycles. The molecule has 3 aromatic carbocycles. The highest BCUT2D eigenvalue weighted by Crippen LogP contribution is 2.50. The van der Waals surface area contributed by atoms with Gasteiger partial charge in [-0.2, -0.15) is 26.3 Å². The minimum absolute atomic E-state index is 0.141. The van der Waals surface area contributed by atoms with Crippen LogP contribution in [0.2, 0.25) is 0 Å². The molecule has 0 fully saturated rings. The first kappa shape index (κ1) is 25.3. The molecule has 0 aliphatic carbocycles. The minimum Gasteiger partial charge on any atom is -0.369 e. The number of aliphatic hydroxyl groups is 1. The summed E-state index contributed by atoms with van der Waals surface area (Å²) in [7, 11) is 0. The molecule has 12 heteroatoms. The molecule has 0 atom stereocenters. The van der Waals surface area contributed by atoms with Gasteiger partial charge in [0, 0.05) is 18.1 Å². The van der Waals surface area contributed by atoms with E-state index in [9.17, 15) is 45.0 Å². The summed E-state index contributed by atoms with van der Waals surface area (Å²) >= 11 is 0. The van der Waals surface area contributed by atoms with Crippen molar-refractivity contribution in [2.45, 2.75) is 24.4 Å². The molecule has 4 rings (SSSR count). The van der Waals surface area contributed by atoms with Crippen molar-refractivity contribution in [3.05, 3.63) is 106 Å². The second kappa shape index (κ2) is 8.70. The summed E-state index contributed by atoms with van der Waals surface area (Å²) in [5.41, 5.74) is -8.11. The Balaban J connectivity index is 2.02. The van der Waals surface area contributed by atoms with Crippen molar-refractivity contribution in [2.75, 3.05) is 0 Å². The number of aromatic nitrogens is 2. The average molecular weight is 514 g/mol. The number of hydrogen-bond donors (Lipinski definition) is 1. The van der Waals surface area contributed by atoms with Crippen LogP contribution in [0.15, 0.2) is 71.5 Å². The normalized spacial score (nSPS) is 12.8. The van der Waals surface area contributed by atoms with Gasteiger partial charge in [0.2, 0.25) is 0 Å². The summed E-state index contributed by atoms with van der Waals surface area (Å²) < 4.78 is 109. The largest absolute Gasteiger partial charge is 0.430 e. The zero-order chi connectivity index (χ0) is 26.5. The molecule has 188 valence electrons. The van der Waals surface area contributed by atoms with Gasteiger partial charge >= 0.3 is 12.4 Å². The maximum absolute atomic E-state index is 13.9. The molecule has 0 aliphatic rings. The number of benzene rings is 3. The Bertz CT molecular complexity index is 1480. The van der Waals surface area contributed by atoms with Gasteiger partial charge in [-0.3, -0.25) is 9.36 Å². The summed E-state index contributed by atoms with van der Waals surface area (Å²) in [5.74, 6) is -2.88. The third-order valence-electron chi connectivity index (χ3n) is 5.53. The molecule has 1 aromatic heterocycles. The summed E-state index contributed by atoms with van der Waals surface area (Å²) in [5, 5.41) is 9.34. The molecule has 36 heavy (non-hydrogen) atoms. The van der Waals surface area contributed by atoms with Gasteiger partial charge in [-0.05, 0) is 23.8 Å². The van der Waals surface area contributed by atoms with E-state index in [0.29, 0.717) is 34.4 Å². The molecule has 0 unspecified atom stereocenters. The highest BCUT2D eigenvalue weighted by Gasteiger charge is 2.71. The van der Waals surface area contributed by atoms with E-state index in [4.69, 9.17) is 0 Å². The molecular weight excluding hydrogens is 500 g/mol. The van der Waals surface area contributed by atoms with Gasteiger partial charge in [0.1, 0.15) is 5.82 Å². The minimum atomic E-state index is -6.15. The maximum Gasteiger partial charge on any atom is 0.430 e. The van der Waals surface area contributed by atoms with Crippen LogP contribution in [0.3, 0.4) is 0 Å². The van der Waals surface area contributed by atoms with E-state index in [0.717, 1.165) is 12.1 Å². The first-order valence-corrected chi connectivity index (χ1v) is 10.2. The standard InChI is InChI=1S/C24H14F8N2O2/c25-17-11-16-19(12-18(17)26)33-20(9-13-5-2-1-3-6-13)34(21(16)35)15-8-4-7-14(10-15)22(36,23(27,28)29)24(30,31)32/h1-8,10-12,36H,9H2. The summed E-state index contributed by atoms with van der Waals surface area (Å²) in [6, 6.07) is 12.0. The van der Waals surface area contributed by atoms with E-state index in [-0.39, 0.29) is 17.8 Å². The SMILES string of the molecule is O=c1c2cc(F)c(F)cc2nc(Cc2ccccc2)n1-c1cccc(C(O)(C(F)(F)F)C(F)(F)F)c1. The third-order valence-corrected chi connectivity index (χ3v) is 5.53. The molecule has 0 saturated carbocycles. The van der Waals surface area contributed by atoms with Crippen LogP contribution in [-0.2, 0) is 12.0 Å².